The second-order valence-electron chi connectivity index (χ2n) is 6.41. The Morgan fingerprint density at radius 2 is 1.90 bits per heavy atom. The monoisotopic (exact) mass is 326 g/mol. The van der Waals surface area contributed by atoms with Crippen molar-refractivity contribution < 1.29 is 8.42 Å². The van der Waals surface area contributed by atoms with Crippen molar-refractivity contribution in [3.63, 3.8) is 0 Å². The molecule has 1 saturated heterocycles. The Morgan fingerprint density at radius 3 is 2.48 bits per heavy atom. The van der Waals surface area contributed by atoms with Crippen molar-refractivity contribution in [1.82, 2.24) is 9.62 Å². The van der Waals surface area contributed by atoms with E-state index in [4.69, 9.17) is 12.2 Å². The van der Waals surface area contributed by atoms with E-state index >= 15 is 0 Å². The zero-order valence-corrected chi connectivity index (χ0v) is 14.4. The van der Waals surface area contributed by atoms with Crippen molar-refractivity contribution in [3.8, 4) is 0 Å². The Morgan fingerprint density at radius 1 is 1.29 bits per heavy atom. The first-order valence-electron chi connectivity index (χ1n) is 7.08. The lowest BCUT2D eigenvalue weighted by Crippen LogP contribution is -2.49. The summed E-state index contributed by atoms with van der Waals surface area (Å²) in [6.07, 6.45) is 2.16. The third-order valence-corrected chi connectivity index (χ3v) is 5.58. The maximum atomic E-state index is 12.3. The van der Waals surface area contributed by atoms with Gasteiger partial charge in [0.2, 0.25) is 0 Å². The first-order valence-corrected chi connectivity index (χ1v) is 8.97. The molecule has 0 saturated carbocycles. The van der Waals surface area contributed by atoms with Crippen LogP contribution in [-0.4, -0.2) is 31.5 Å². The summed E-state index contributed by atoms with van der Waals surface area (Å²) in [7, 11) is -3.60. The van der Waals surface area contributed by atoms with Gasteiger partial charge in [-0.15, -0.1) is 0 Å². The predicted molar refractivity (Wildman–Crippen MR) is 88.7 cm³/mol. The number of aryl methyl sites for hydroxylation is 1. The number of nitrogens with zero attached hydrogens (tertiary/aromatic N) is 1. The van der Waals surface area contributed by atoms with Crippen molar-refractivity contribution in [1.29, 1.82) is 0 Å². The standard InChI is InChI=1S/C15H22N2O2S2/c1-12-5-7-13(8-6-12)21(18,19)16-14(20)17-10-4-9-15(2,3)11-17/h5-8H,4,9-11H2,1-3H3,(H,16,20). The second-order valence-corrected chi connectivity index (χ2v) is 8.48. The van der Waals surface area contributed by atoms with Crippen LogP contribution in [0, 0.1) is 12.3 Å². The molecule has 2 rings (SSSR count). The molecule has 0 spiro atoms. The van der Waals surface area contributed by atoms with E-state index in [2.05, 4.69) is 18.6 Å². The summed E-state index contributed by atoms with van der Waals surface area (Å²) < 4.78 is 27.2. The minimum absolute atomic E-state index is 0.164. The number of sulfonamides is 1. The molecule has 0 radical (unpaired) electrons. The molecule has 1 aliphatic heterocycles. The van der Waals surface area contributed by atoms with Gasteiger partial charge in [0, 0.05) is 13.1 Å². The largest absolute Gasteiger partial charge is 0.348 e. The van der Waals surface area contributed by atoms with E-state index in [0.29, 0.717) is 5.11 Å². The topological polar surface area (TPSA) is 49.4 Å². The van der Waals surface area contributed by atoms with Crippen LogP contribution in [0.2, 0.25) is 0 Å². The lowest BCUT2D eigenvalue weighted by atomic mass is 9.84. The molecule has 0 bridgehead atoms. The molecule has 1 fully saturated rings. The van der Waals surface area contributed by atoms with Gasteiger partial charge in [0.15, 0.2) is 5.11 Å². The van der Waals surface area contributed by atoms with Gasteiger partial charge in [-0.2, -0.15) is 0 Å². The van der Waals surface area contributed by atoms with Crippen LogP contribution in [-0.2, 0) is 10.0 Å². The molecule has 1 aromatic carbocycles. The van der Waals surface area contributed by atoms with Gasteiger partial charge >= 0.3 is 0 Å². The molecule has 1 aliphatic rings. The smallest absolute Gasteiger partial charge is 0.263 e. The van der Waals surface area contributed by atoms with E-state index in [1.54, 1.807) is 24.3 Å². The Balaban J connectivity index is 2.09. The molecule has 1 heterocycles. The van der Waals surface area contributed by atoms with Gasteiger partial charge < -0.3 is 4.90 Å². The van der Waals surface area contributed by atoms with Gasteiger partial charge in [-0.05, 0) is 49.5 Å². The molecule has 4 nitrogen and oxygen atoms in total. The highest BCUT2D eigenvalue weighted by molar-refractivity contribution is 7.91. The van der Waals surface area contributed by atoms with Crippen LogP contribution in [0.15, 0.2) is 29.2 Å². The second kappa shape index (κ2) is 5.93. The Kier molecular flexibility index (Phi) is 4.58. The van der Waals surface area contributed by atoms with Crippen LogP contribution < -0.4 is 4.72 Å². The minimum Gasteiger partial charge on any atom is -0.348 e. The molecule has 6 heteroatoms. The van der Waals surface area contributed by atoms with Crippen molar-refractivity contribution in [2.75, 3.05) is 13.1 Å². The van der Waals surface area contributed by atoms with Crippen LogP contribution in [0.4, 0.5) is 0 Å². The number of likely N-dealkylation sites (tertiary alicyclic amines) is 1. The fraction of sp³-hybridized carbons (Fsp3) is 0.533. The maximum absolute atomic E-state index is 12.3. The summed E-state index contributed by atoms with van der Waals surface area (Å²) in [6.45, 7) is 7.86. The van der Waals surface area contributed by atoms with Crippen LogP contribution in [0.5, 0.6) is 0 Å². The zero-order valence-electron chi connectivity index (χ0n) is 12.7. The van der Waals surface area contributed by atoms with E-state index in [0.717, 1.165) is 31.5 Å². The van der Waals surface area contributed by atoms with E-state index < -0.39 is 10.0 Å². The van der Waals surface area contributed by atoms with Crippen molar-refractivity contribution >= 4 is 27.4 Å². The molecule has 1 aromatic rings. The van der Waals surface area contributed by atoms with Crippen LogP contribution >= 0.6 is 12.2 Å². The van der Waals surface area contributed by atoms with Crippen molar-refractivity contribution in [2.45, 2.75) is 38.5 Å². The molecule has 21 heavy (non-hydrogen) atoms. The number of rotatable bonds is 2. The summed E-state index contributed by atoms with van der Waals surface area (Å²) in [5.74, 6) is 0. The Labute approximate surface area is 132 Å². The summed E-state index contributed by atoms with van der Waals surface area (Å²) in [6, 6.07) is 6.75. The lowest BCUT2D eigenvalue weighted by Gasteiger charge is -2.39. The summed E-state index contributed by atoms with van der Waals surface area (Å²) in [5, 5.41) is 0.295. The normalized spacial score (nSPS) is 18.3. The highest BCUT2D eigenvalue weighted by atomic mass is 32.2. The number of nitrogens with one attached hydrogen (secondary N) is 1. The Bertz CT molecular complexity index is 622. The number of benzene rings is 1. The number of thiocarbonyl (C=S) groups is 1. The number of hydrogen-bond acceptors (Lipinski definition) is 3. The third-order valence-electron chi connectivity index (χ3n) is 3.74. The fourth-order valence-electron chi connectivity index (χ4n) is 2.55. The zero-order chi connectivity index (χ0) is 15.7. The van der Waals surface area contributed by atoms with Crippen LogP contribution in [0.25, 0.3) is 0 Å². The summed E-state index contributed by atoms with van der Waals surface area (Å²) >= 11 is 5.29. The van der Waals surface area contributed by atoms with Gasteiger partial charge in [0.1, 0.15) is 0 Å². The number of piperidine rings is 1. The highest BCUT2D eigenvalue weighted by Crippen LogP contribution is 2.28. The molecule has 116 valence electrons. The van der Waals surface area contributed by atoms with Gasteiger partial charge in [-0.1, -0.05) is 31.5 Å². The van der Waals surface area contributed by atoms with Crippen LogP contribution in [0.1, 0.15) is 32.3 Å². The predicted octanol–water partition coefficient (Wildman–Crippen LogP) is 2.68. The molecular formula is C15H22N2O2S2. The van der Waals surface area contributed by atoms with Gasteiger partial charge in [-0.3, -0.25) is 4.72 Å². The SMILES string of the molecule is Cc1ccc(S(=O)(=O)NC(=S)N2CCCC(C)(C)C2)cc1. The third kappa shape index (κ3) is 4.17. The fourth-order valence-corrected chi connectivity index (χ4v) is 4.01. The minimum atomic E-state index is -3.60. The average molecular weight is 326 g/mol. The summed E-state index contributed by atoms with van der Waals surface area (Å²) in [4.78, 5) is 2.19. The molecule has 1 N–H and O–H groups in total. The molecule has 0 amide bonds. The summed E-state index contributed by atoms with van der Waals surface area (Å²) in [5.41, 5.74) is 1.19. The van der Waals surface area contributed by atoms with E-state index in [9.17, 15) is 8.42 Å². The first-order chi connectivity index (χ1) is 9.70. The average Bonchev–Trinajstić information content (AvgIpc) is 2.37. The van der Waals surface area contributed by atoms with Gasteiger partial charge in [0.25, 0.3) is 10.0 Å². The van der Waals surface area contributed by atoms with Gasteiger partial charge in [-0.25, -0.2) is 8.42 Å². The molecule has 0 aromatic heterocycles. The van der Waals surface area contributed by atoms with Crippen molar-refractivity contribution in [3.05, 3.63) is 29.8 Å². The molecule has 0 unspecified atom stereocenters. The first kappa shape index (κ1) is 16.2. The van der Waals surface area contributed by atoms with E-state index in [-0.39, 0.29) is 10.3 Å². The van der Waals surface area contributed by atoms with Gasteiger partial charge in [0.05, 0.1) is 4.90 Å². The maximum Gasteiger partial charge on any atom is 0.263 e. The lowest BCUT2D eigenvalue weighted by molar-refractivity contribution is 0.179. The van der Waals surface area contributed by atoms with Crippen molar-refractivity contribution in [2.24, 2.45) is 5.41 Å². The molecular weight excluding hydrogens is 304 g/mol. The molecule has 0 atom stereocenters. The van der Waals surface area contributed by atoms with E-state index in [1.807, 2.05) is 11.8 Å². The van der Waals surface area contributed by atoms with Crippen LogP contribution in [0.3, 0.4) is 0 Å². The number of hydrogen-bond donors (Lipinski definition) is 1. The Hall–Kier alpha value is -1.14. The molecule has 0 aliphatic carbocycles. The highest BCUT2D eigenvalue weighted by Gasteiger charge is 2.29. The quantitative estimate of drug-likeness (QED) is 0.849. The van der Waals surface area contributed by atoms with E-state index in [1.165, 1.54) is 0 Å².